The number of Topliss-reactive ketones (excluding diaryl/α,β-unsaturated/α-hetero) is 1. The fourth-order valence-electron chi connectivity index (χ4n) is 2.70. The van der Waals surface area contributed by atoms with Crippen molar-refractivity contribution in [3.8, 4) is 0 Å². The number of thioether (sulfide) groups is 1. The first kappa shape index (κ1) is 18.7. The smallest absolute Gasteiger partial charge is 0.191 e. The maximum atomic E-state index is 12.7. The first-order valence-electron chi connectivity index (χ1n) is 8.17. The Morgan fingerprint density at radius 3 is 2.50 bits per heavy atom. The predicted octanol–water partition coefficient (Wildman–Crippen LogP) is 3.39. The van der Waals surface area contributed by atoms with Gasteiger partial charge in [-0.25, -0.2) is 0 Å². The van der Waals surface area contributed by atoms with Crippen molar-refractivity contribution >= 4 is 17.5 Å². The average Bonchev–Trinajstić information content (AvgIpc) is 2.96. The van der Waals surface area contributed by atoms with Crippen LogP contribution in [0.4, 0.5) is 0 Å². The fourth-order valence-corrected chi connectivity index (χ4v) is 3.57. The molecule has 2 rings (SSSR count). The first-order valence-corrected chi connectivity index (χ1v) is 9.15. The van der Waals surface area contributed by atoms with Crippen molar-refractivity contribution in [2.75, 3.05) is 5.75 Å². The van der Waals surface area contributed by atoms with E-state index in [4.69, 9.17) is 0 Å². The lowest BCUT2D eigenvalue weighted by Gasteiger charge is -2.13. The van der Waals surface area contributed by atoms with Crippen molar-refractivity contribution in [1.82, 2.24) is 14.8 Å². The molecule has 0 radical (unpaired) electrons. The molecule has 5 nitrogen and oxygen atoms in total. The number of hydrogen-bond donors (Lipinski definition) is 1. The zero-order valence-electron chi connectivity index (χ0n) is 15.0. The van der Waals surface area contributed by atoms with E-state index in [9.17, 15) is 9.90 Å². The Labute approximate surface area is 147 Å². The molecule has 0 amide bonds. The molecule has 1 heterocycles. The van der Waals surface area contributed by atoms with E-state index in [0.717, 1.165) is 29.7 Å². The standard InChI is InChI=1S/C18H25N3O2S/c1-6-7-21-17(9-22)19-20-18(21)24-10-16(23)15-8-11(2)12(3)13(4)14(15)5/h8,22H,6-7,9-10H2,1-5H3. The number of aliphatic hydroxyl groups is 1. The lowest BCUT2D eigenvalue weighted by Crippen LogP contribution is -2.10. The molecular weight excluding hydrogens is 322 g/mol. The SMILES string of the molecule is CCCn1c(CO)nnc1SCC(=O)c1cc(C)c(C)c(C)c1C. The monoisotopic (exact) mass is 347 g/mol. The molecule has 2 aromatic rings. The number of rotatable bonds is 7. The van der Waals surface area contributed by atoms with Crippen LogP contribution < -0.4 is 0 Å². The summed E-state index contributed by atoms with van der Waals surface area (Å²) in [5.41, 5.74) is 5.40. The van der Waals surface area contributed by atoms with Crippen LogP contribution in [0, 0.1) is 27.7 Å². The molecule has 0 aliphatic rings. The highest BCUT2D eigenvalue weighted by Crippen LogP contribution is 2.24. The van der Waals surface area contributed by atoms with Gasteiger partial charge in [-0.15, -0.1) is 10.2 Å². The van der Waals surface area contributed by atoms with Gasteiger partial charge in [-0.1, -0.05) is 18.7 Å². The molecule has 1 aromatic carbocycles. The second kappa shape index (κ2) is 7.94. The number of aromatic nitrogens is 3. The van der Waals surface area contributed by atoms with Gasteiger partial charge in [0.15, 0.2) is 16.8 Å². The third kappa shape index (κ3) is 3.70. The summed E-state index contributed by atoms with van der Waals surface area (Å²) in [6.45, 7) is 10.8. The highest BCUT2D eigenvalue weighted by molar-refractivity contribution is 7.99. The molecule has 0 aliphatic carbocycles. The van der Waals surface area contributed by atoms with Crippen LogP contribution >= 0.6 is 11.8 Å². The van der Waals surface area contributed by atoms with E-state index < -0.39 is 0 Å². The molecule has 1 aromatic heterocycles. The lowest BCUT2D eigenvalue weighted by molar-refractivity contribution is 0.102. The minimum atomic E-state index is -0.142. The Morgan fingerprint density at radius 2 is 1.88 bits per heavy atom. The zero-order chi connectivity index (χ0) is 17.9. The van der Waals surface area contributed by atoms with Gasteiger partial charge in [0.25, 0.3) is 0 Å². The number of benzene rings is 1. The van der Waals surface area contributed by atoms with Gasteiger partial charge < -0.3 is 9.67 Å². The summed E-state index contributed by atoms with van der Waals surface area (Å²) in [5, 5.41) is 18.1. The third-order valence-electron chi connectivity index (χ3n) is 4.50. The van der Waals surface area contributed by atoms with Gasteiger partial charge in [-0.05, 0) is 62.4 Å². The Bertz CT molecular complexity index is 753. The summed E-state index contributed by atoms with van der Waals surface area (Å²) in [5.74, 6) is 0.959. The van der Waals surface area contributed by atoms with Gasteiger partial charge in [-0.3, -0.25) is 4.79 Å². The van der Waals surface area contributed by atoms with E-state index >= 15 is 0 Å². The highest BCUT2D eigenvalue weighted by Gasteiger charge is 2.17. The van der Waals surface area contributed by atoms with Gasteiger partial charge in [0.2, 0.25) is 0 Å². The van der Waals surface area contributed by atoms with Crippen LogP contribution in [0.25, 0.3) is 0 Å². The molecule has 6 heteroatoms. The molecule has 0 bridgehead atoms. The van der Waals surface area contributed by atoms with Crippen molar-refractivity contribution in [2.45, 2.75) is 59.3 Å². The Morgan fingerprint density at radius 1 is 1.17 bits per heavy atom. The molecule has 1 N–H and O–H groups in total. The number of ketones is 1. The van der Waals surface area contributed by atoms with Crippen LogP contribution in [-0.4, -0.2) is 31.4 Å². The lowest BCUT2D eigenvalue weighted by atomic mass is 9.93. The number of aliphatic hydroxyl groups excluding tert-OH is 1. The number of carbonyl (C=O) groups is 1. The molecule has 0 saturated heterocycles. The topological polar surface area (TPSA) is 68.0 Å². The number of carbonyl (C=O) groups excluding carboxylic acids is 1. The Kier molecular flexibility index (Phi) is 6.18. The van der Waals surface area contributed by atoms with Crippen LogP contribution in [0.15, 0.2) is 11.2 Å². The van der Waals surface area contributed by atoms with Crippen LogP contribution in [0.1, 0.15) is 51.8 Å². The molecule has 0 aliphatic heterocycles. The maximum absolute atomic E-state index is 12.7. The van der Waals surface area contributed by atoms with Crippen molar-refractivity contribution in [1.29, 1.82) is 0 Å². The van der Waals surface area contributed by atoms with Crippen LogP contribution in [0.3, 0.4) is 0 Å². The number of hydrogen-bond acceptors (Lipinski definition) is 5. The van der Waals surface area contributed by atoms with Gasteiger partial charge in [0.05, 0.1) is 5.75 Å². The highest BCUT2D eigenvalue weighted by atomic mass is 32.2. The molecule has 0 unspecified atom stereocenters. The van der Waals surface area contributed by atoms with E-state index in [1.54, 1.807) is 0 Å². The largest absolute Gasteiger partial charge is 0.388 e. The van der Waals surface area contributed by atoms with Crippen LogP contribution in [-0.2, 0) is 13.2 Å². The molecule has 130 valence electrons. The number of aryl methyl sites for hydroxylation is 1. The third-order valence-corrected chi connectivity index (χ3v) is 5.46. The van der Waals surface area contributed by atoms with E-state index in [0.29, 0.717) is 16.7 Å². The summed E-state index contributed by atoms with van der Waals surface area (Å²) < 4.78 is 1.89. The maximum Gasteiger partial charge on any atom is 0.191 e. The van der Waals surface area contributed by atoms with E-state index in [2.05, 4.69) is 31.0 Å². The van der Waals surface area contributed by atoms with E-state index in [-0.39, 0.29) is 12.4 Å². The van der Waals surface area contributed by atoms with Crippen LogP contribution in [0.2, 0.25) is 0 Å². The average molecular weight is 347 g/mol. The quantitative estimate of drug-likeness (QED) is 0.614. The first-order chi connectivity index (χ1) is 11.4. The summed E-state index contributed by atoms with van der Waals surface area (Å²) in [6, 6.07) is 1.98. The normalized spacial score (nSPS) is 11.1. The second-order valence-electron chi connectivity index (χ2n) is 6.04. The molecular formula is C18H25N3O2S. The summed E-state index contributed by atoms with van der Waals surface area (Å²) >= 11 is 1.38. The van der Waals surface area contributed by atoms with E-state index in [1.807, 2.05) is 24.5 Å². The summed E-state index contributed by atoms with van der Waals surface area (Å²) in [7, 11) is 0. The molecule has 0 fully saturated rings. The van der Waals surface area contributed by atoms with Gasteiger partial charge in [0, 0.05) is 12.1 Å². The van der Waals surface area contributed by atoms with Crippen molar-refractivity contribution < 1.29 is 9.90 Å². The summed E-state index contributed by atoms with van der Waals surface area (Å²) in [6.07, 6.45) is 0.919. The van der Waals surface area contributed by atoms with Crippen molar-refractivity contribution in [2.24, 2.45) is 0 Å². The Balaban J connectivity index is 2.19. The van der Waals surface area contributed by atoms with Gasteiger partial charge >= 0.3 is 0 Å². The van der Waals surface area contributed by atoms with Crippen molar-refractivity contribution in [3.05, 3.63) is 39.7 Å². The van der Waals surface area contributed by atoms with Crippen LogP contribution in [0.5, 0.6) is 0 Å². The molecule has 0 atom stereocenters. The van der Waals surface area contributed by atoms with Gasteiger partial charge in [0.1, 0.15) is 6.61 Å². The van der Waals surface area contributed by atoms with E-state index in [1.165, 1.54) is 22.9 Å². The van der Waals surface area contributed by atoms with Gasteiger partial charge in [-0.2, -0.15) is 0 Å². The van der Waals surface area contributed by atoms with Crippen molar-refractivity contribution in [3.63, 3.8) is 0 Å². The minimum absolute atomic E-state index is 0.0975. The Hall–Kier alpha value is -1.66. The molecule has 0 saturated carbocycles. The summed E-state index contributed by atoms with van der Waals surface area (Å²) in [4.78, 5) is 12.7. The number of nitrogens with zero attached hydrogens (tertiary/aromatic N) is 3. The minimum Gasteiger partial charge on any atom is -0.388 e. The second-order valence-corrected chi connectivity index (χ2v) is 6.98. The predicted molar refractivity (Wildman–Crippen MR) is 96.7 cm³/mol. The zero-order valence-corrected chi connectivity index (χ0v) is 15.8. The fraction of sp³-hybridized carbons (Fsp3) is 0.500. The molecule has 24 heavy (non-hydrogen) atoms. The molecule has 0 spiro atoms.